The van der Waals surface area contributed by atoms with E-state index in [0.717, 1.165) is 30.5 Å². The molecule has 5 aliphatic heterocycles. The summed E-state index contributed by atoms with van der Waals surface area (Å²) in [5.74, 6) is 0.255. The van der Waals surface area contributed by atoms with Gasteiger partial charge in [0.15, 0.2) is 0 Å². The smallest absolute Gasteiger partial charge is 0.326 e. The number of carbonyl (C=O) groups is 5. The Kier molecular flexibility index (Phi) is 27.8. The standard InChI is InChI=1S/C19H21N3O3.C18H21N5O2.C18H26N4O3.C17H24N4O4/c20-18(21)14-7-4-8-15(9-14)25-16-10-17(19(23)24)22(12-16)11-13-5-2-1-3-6-13;19-17(20)13-2-1-3-14(8-13)25-15-9-16(22-11-15)18(24)23-10-12-4-6-21-7-5-12;19-17(20)13-4-1-5-14(7-13)25-15-8-16(21-9-15)18(24)22-6-2-3-12(10-22)11-23;1-9(2)14(17(23)24)21-16(22)13-7-12(8-20-13)25-11-5-3-4-10(6-11)15(18)19/h1-9,16-17H,10-12H2,(H3,20,21)(H,23,24);1-8,15-16,22H,9-11H2,(H3,19,20)(H,23,24);1,4-5,7,12,15-16,21,23H,2-3,6,8-11H2,(H3,19,20);3-6,9,12-14,20H,7-8H2,1-2H3,(H3,18,19)(H,21,22)(H,23,24)/t16-,17+;15-,16+;12?,15-,16+;12-,13+,14-/m1111/s1. The van der Waals surface area contributed by atoms with Gasteiger partial charge in [0.1, 0.15) is 82.8 Å². The molecule has 0 bridgehead atoms. The Bertz CT molecular complexity index is 3780. The average molecular weight is 1370 g/mol. The zero-order chi connectivity index (χ0) is 71.8. The number of aliphatic carboxylic acids is 2. The number of aliphatic hydroxyl groups excluding tert-OH is 1. The Morgan fingerprint density at radius 2 is 1.02 bits per heavy atom. The molecule has 11 rings (SSSR count). The van der Waals surface area contributed by atoms with Crippen LogP contribution in [0.15, 0.2) is 152 Å². The molecule has 5 aromatic carbocycles. The van der Waals surface area contributed by atoms with E-state index in [4.69, 9.17) is 68.6 Å². The minimum atomic E-state index is -1.05. The van der Waals surface area contributed by atoms with Crippen molar-refractivity contribution in [1.29, 1.82) is 21.6 Å². The zero-order valence-electron chi connectivity index (χ0n) is 56.1. The second kappa shape index (κ2) is 36.9. The van der Waals surface area contributed by atoms with Crippen LogP contribution in [0.1, 0.15) is 85.8 Å². The normalized spacial score (nSPS) is 21.8. The van der Waals surface area contributed by atoms with Gasteiger partial charge in [0.2, 0.25) is 17.7 Å². The third-order valence-corrected chi connectivity index (χ3v) is 17.4. The number of aliphatic hydroxyl groups is 1. The monoisotopic (exact) mass is 1370 g/mol. The Morgan fingerprint density at radius 3 is 1.46 bits per heavy atom. The molecule has 0 radical (unpaired) electrons. The lowest BCUT2D eigenvalue weighted by atomic mass is 9.98. The van der Waals surface area contributed by atoms with E-state index in [1.54, 1.807) is 111 Å². The van der Waals surface area contributed by atoms with E-state index in [1.165, 1.54) is 0 Å². The molecule has 5 aliphatic rings. The predicted molar refractivity (Wildman–Crippen MR) is 376 cm³/mol. The predicted octanol–water partition coefficient (Wildman–Crippen LogP) is 3.48. The number of carboxylic acids is 2. The van der Waals surface area contributed by atoms with Gasteiger partial charge < -0.3 is 88.7 Å². The number of amidine groups is 4. The fraction of sp³-hybridized carbons (Fsp3) is 0.389. The van der Waals surface area contributed by atoms with Crippen LogP contribution in [0, 0.1) is 33.5 Å². The van der Waals surface area contributed by atoms with Gasteiger partial charge in [0.05, 0.1) is 18.1 Å². The van der Waals surface area contributed by atoms with Crippen LogP contribution in [0.3, 0.4) is 0 Å². The summed E-state index contributed by atoms with van der Waals surface area (Å²) in [6.45, 7) is 8.30. The highest BCUT2D eigenvalue weighted by atomic mass is 16.5. The van der Waals surface area contributed by atoms with Gasteiger partial charge in [-0.1, -0.05) is 92.7 Å². The molecule has 0 spiro atoms. The number of amides is 3. The first-order chi connectivity index (χ1) is 48.0. The van der Waals surface area contributed by atoms with Crippen molar-refractivity contribution in [2.45, 2.75) is 120 Å². The second-order valence-corrected chi connectivity index (χ2v) is 25.4. The van der Waals surface area contributed by atoms with Crippen molar-refractivity contribution in [2.75, 3.05) is 45.9 Å². The summed E-state index contributed by atoms with van der Waals surface area (Å²) >= 11 is 0. The first-order valence-electron chi connectivity index (χ1n) is 33.2. The minimum Gasteiger partial charge on any atom is -0.489 e. The quantitative estimate of drug-likeness (QED) is 0.0305. The average Bonchev–Trinajstić information content (AvgIpc) is 1.67. The third kappa shape index (κ3) is 22.8. The highest BCUT2D eigenvalue weighted by Crippen LogP contribution is 2.28. The largest absolute Gasteiger partial charge is 0.489 e. The van der Waals surface area contributed by atoms with Crippen molar-refractivity contribution >= 4 is 53.0 Å². The number of nitrogen functional groups attached to an aromatic ring is 4. The van der Waals surface area contributed by atoms with Crippen LogP contribution in [0.25, 0.3) is 0 Å². The number of likely N-dealkylation sites (tertiary alicyclic amines) is 2. The highest BCUT2D eigenvalue weighted by molar-refractivity contribution is 5.97. The number of pyridine rings is 1. The SMILES string of the molecule is CC(C)[C@@H](NC(=O)[C@@H]1C[C@@H](Oc2cccc(C(=N)N)c2)CN1)C(=O)O.N=C(N)c1cccc(O[C@@H]2C[C@@H](C(=O)O)N(Cc3ccccc3)C2)c1.N=C(N)c1cccc(O[C@H]2CN[C@H](C(=O)N3CCCC(CO)C3)C2)c1.N=C(N)c1cccc(O[C@H]2CN[C@H](C(=O)NCc3ccncc3)C2)c1. The molecule has 6 heterocycles. The van der Waals surface area contributed by atoms with Crippen molar-refractivity contribution in [3.8, 4) is 23.0 Å². The van der Waals surface area contributed by atoms with E-state index in [0.29, 0.717) is 117 Å². The Morgan fingerprint density at radius 1 is 0.570 bits per heavy atom. The maximum absolute atomic E-state index is 12.7. The molecule has 0 saturated carbocycles. The number of hydrogen-bond donors (Lipinski definition) is 16. The van der Waals surface area contributed by atoms with Gasteiger partial charge >= 0.3 is 11.9 Å². The minimum absolute atomic E-state index is 0.00311. The number of hydrogen-bond acceptors (Lipinski definition) is 19. The van der Waals surface area contributed by atoms with E-state index in [9.17, 15) is 34.2 Å². The number of piperidine rings is 1. The molecule has 5 saturated heterocycles. The number of ether oxygens (including phenoxy) is 4. The van der Waals surface area contributed by atoms with Crippen molar-refractivity contribution in [3.63, 3.8) is 0 Å². The summed E-state index contributed by atoms with van der Waals surface area (Å²) in [7, 11) is 0. The highest BCUT2D eigenvalue weighted by Gasteiger charge is 2.39. The number of nitrogens with zero attached hydrogens (tertiary/aromatic N) is 3. The molecular weight excluding hydrogens is 1280 g/mol. The molecule has 20 N–H and O–H groups in total. The van der Waals surface area contributed by atoms with E-state index in [1.807, 2.05) is 64.4 Å². The lowest BCUT2D eigenvalue weighted by molar-refractivity contribution is -0.143. The van der Waals surface area contributed by atoms with E-state index >= 15 is 0 Å². The summed E-state index contributed by atoms with van der Waals surface area (Å²) in [6, 6.07) is 39.2. The van der Waals surface area contributed by atoms with Crippen LogP contribution >= 0.6 is 0 Å². The van der Waals surface area contributed by atoms with Crippen molar-refractivity contribution in [1.82, 2.24) is 41.4 Å². The first-order valence-corrected chi connectivity index (χ1v) is 33.2. The van der Waals surface area contributed by atoms with Crippen LogP contribution in [-0.2, 0) is 37.1 Å². The second-order valence-electron chi connectivity index (χ2n) is 25.4. The number of carboxylic acid groups (broad SMARTS) is 2. The van der Waals surface area contributed by atoms with E-state index in [2.05, 4.69) is 31.6 Å². The fourth-order valence-corrected chi connectivity index (χ4v) is 12.1. The van der Waals surface area contributed by atoms with Gasteiger partial charge in [0.25, 0.3) is 0 Å². The molecule has 532 valence electrons. The lowest BCUT2D eigenvalue weighted by Crippen LogP contribution is -2.50. The molecule has 0 aliphatic carbocycles. The molecule has 28 heteroatoms. The zero-order valence-corrected chi connectivity index (χ0v) is 56.1. The number of nitrogens with one attached hydrogen (secondary N) is 9. The number of nitrogens with two attached hydrogens (primary N) is 4. The molecule has 1 unspecified atom stereocenters. The number of carbonyl (C=O) groups excluding carboxylic acids is 3. The molecule has 28 nitrogen and oxygen atoms in total. The number of rotatable bonds is 24. The van der Waals surface area contributed by atoms with E-state index < -0.39 is 30.1 Å². The van der Waals surface area contributed by atoms with Crippen LogP contribution in [-0.4, -0.2) is 184 Å². The molecule has 100 heavy (non-hydrogen) atoms. The molecule has 6 aromatic rings. The summed E-state index contributed by atoms with van der Waals surface area (Å²) in [4.78, 5) is 67.8. The van der Waals surface area contributed by atoms with Crippen molar-refractivity contribution < 1.29 is 58.2 Å². The summed E-state index contributed by atoms with van der Waals surface area (Å²) in [6.07, 6.45) is 6.77. The third-order valence-electron chi connectivity index (χ3n) is 17.4. The van der Waals surface area contributed by atoms with Crippen LogP contribution in [0.2, 0.25) is 0 Å². The van der Waals surface area contributed by atoms with Gasteiger partial charge in [-0.05, 0) is 96.5 Å². The fourth-order valence-electron chi connectivity index (χ4n) is 12.1. The summed E-state index contributed by atoms with van der Waals surface area (Å²) in [5.41, 5.74) is 26.5. The number of aromatic nitrogens is 1. The van der Waals surface area contributed by atoms with Crippen molar-refractivity contribution in [3.05, 3.63) is 185 Å². The van der Waals surface area contributed by atoms with Gasteiger partial charge in [-0.15, -0.1) is 0 Å². The molecular formula is C72H92N16O12. The van der Waals surface area contributed by atoms with Crippen LogP contribution in [0.5, 0.6) is 23.0 Å². The Hall–Kier alpha value is -10.5. The van der Waals surface area contributed by atoms with Gasteiger partial charge in [-0.3, -0.25) is 50.7 Å². The topological polar surface area (TPSA) is 462 Å². The van der Waals surface area contributed by atoms with Gasteiger partial charge in [0, 0.05) is 119 Å². The number of benzene rings is 5. The van der Waals surface area contributed by atoms with E-state index in [-0.39, 0.29) is 96.0 Å². The Labute approximate surface area is 580 Å². The van der Waals surface area contributed by atoms with Crippen molar-refractivity contribution in [2.24, 2.45) is 34.8 Å². The summed E-state index contributed by atoms with van der Waals surface area (Å²) < 4.78 is 23.6. The molecule has 5 fully saturated rings. The molecule has 10 atom stereocenters. The maximum atomic E-state index is 12.7. The molecule has 1 aromatic heterocycles. The van der Waals surface area contributed by atoms with Gasteiger partial charge in [-0.25, -0.2) is 4.79 Å². The van der Waals surface area contributed by atoms with Crippen LogP contribution < -0.4 is 68.5 Å². The summed E-state index contributed by atoms with van der Waals surface area (Å²) in [5, 5.41) is 72.9. The van der Waals surface area contributed by atoms with Crippen LogP contribution in [0.4, 0.5) is 0 Å². The lowest BCUT2D eigenvalue weighted by Gasteiger charge is -2.33. The Balaban J connectivity index is 0.000000170. The first kappa shape index (κ1) is 75.3. The maximum Gasteiger partial charge on any atom is 0.326 e. The molecule has 3 amide bonds. The van der Waals surface area contributed by atoms with Gasteiger partial charge in [-0.2, -0.15) is 0 Å².